The molecule has 0 radical (unpaired) electrons. The molecule has 0 bridgehead atoms. The molecular formula is C17H31NO2. The monoisotopic (exact) mass is 281 g/mol. The maximum Gasteiger partial charge on any atom is 0.308 e. The topological polar surface area (TPSA) is 29.5 Å². The van der Waals surface area contributed by atoms with Crippen molar-refractivity contribution < 1.29 is 9.53 Å². The van der Waals surface area contributed by atoms with Gasteiger partial charge in [-0.25, -0.2) is 0 Å². The van der Waals surface area contributed by atoms with Crippen molar-refractivity contribution in [1.29, 1.82) is 0 Å². The predicted molar refractivity (Wildman–Crippen MR) is 81.6 cm³/mol. The number of hydrogen-bond donors (Lipinski definition) is 0. The van der Waals surface area contributed by atoms with E-state index in [1.165, 1.54) is 45.1 Å². The second-order valence-corrected chi connectivity index (χ2v) is 7.15. The summed E-state index contributed by atoms with van der Waals surface area (Å²) in [5, 5.41) is 0. The van der Waals surface area contributed by atoms with Gasteiger partial charge < -0.3 is 9.64 Å². The molecule has 1 saturated heterocycles. The third kappa shape index (κ3) is 3.97. The van der Waals surface area contributed by atoms with Gasteiger partial charge in [-0.05, 0) is 52.1 Å². The van der Waals surface area contributed by atoms with Crippen molar-refractivity contribution in [3.63, 3.8) is 0 Å². The number of nitrogens with zero attached hydrogens (tertiary/aromatic N) is 1. The molecule has 2 fully saturated rings. The molecule has 3 nitrogen and oxygen atoms in total. The lowest BCUT2D eigenvalue weighted by Crippen LogP contribution is -2.47. The lowest BCUT2D eigenvalue weighted by molar-refractivity contribution is -0.170. The van der Waals surface area contributed by atoms with Crippen molar-refractivity contribution in [3.8, 4) is 0 Å². The molecule has 1 aliphatic carbocycles. The maximum atomic E-state index is 12.1. The third-order valence-electron chi connectivity index (χ3n) is 5.08. The fraction of sp³-hybridized carbons (Fsp3) is 0.941. The molecule has 116 valence electrons. The number of carbonyl (C=O) groups is 1. The summed E-state index contributed by atoms with van der Waals surface area (Å²) in [4.78, 5) is 14.6. The van der Waals surface area contributed by atoms with E-state index in [9.17, 15) is 4.79 Å². The summed E-state index contributed by atoms with van der Waals surface area (Å²) in [6.45, 7) is 5.07. The average molecular weight is 281 g/mol. The molecule has 2 aliphatic rings. The zero-order valence-corrected chi connectivity index (χ0v) is 13.5. The van der Waals surface area contributed by atoms with Crippen LogP contribution in [0.4, 0.5) is 0 Å². The van der Waals surface area contributed by atoms with Gasteiger partial charge in [0.05, 0.1) is 5.92 Å². The minimum Gasteiger partial charge on any atom is -0.459 e. The standard InChI is InChI=1S/C17H31NO2/c1-14(2)16(19)20-17(10-6-4-7-11-17)13-15-9-5-8-12-18(15)3/h14-15H,4-13H2,1-3H3/t15-/m1/s1. The summed E-state index contributed by atoms with van der Waals surface area (Å²) < 4.78 is 6.03. The Morgan fingerprint density at radius 2 is 1.90 bits per heavy atom. The van der Waals surface area contributed by atoms with E-state index in [0.717, 1.165) is 19.3 Å². The molecule has 2 rings (SSSR count). The van der Waals surface area contributed by atoms with Gasteiger partial charge >= 0.3 is 5.97 Å². The van der Waals surface area contributed by atoms with Crippen LogP contribution in [0, 0.1) is 5.92 Å². The minimum absolute atomic E-state index is 0.00892. The number of ether oxygens (including phenoxy) is 1. The molecule has 1 atom stereocenters. The van der Waals surface area contributed by atoms with E-state index >= 15 is 0 Å². The van der Waals surface area contributed by atoms with Crippen LogP contribution < -0.4 is 0 Å². The van der Waals surface area contributed by atoms with Crippen LogP contribution in [-0.4, -0.2) is 36.1 Å². The Kier molecular flexibility index (Phi) is 5.48. The van der Waals surface area contributed by atoms with Crippen LogP contribution in [0.25, 0.3) is 0 Å². The molecule has 3 heteroatoms. The second kappa shape index (κ2) is 6.93. The highest BCUT2D eigenvalue weighted by Crippen LogP contribution is 2.38. The zero-order chi connectivity index (χ0) is 14.6. The minimum atomic E-state index is -0.171. The quantitative estimate of drug-likeness (QED) is 0.735. The van der Waals surface area contributed by atoms with Crippen molar-refractivity contribution in [3.05, 3.63) is 0 Å². The van der Waals surface area contributed by atoms with Crippen LogP contribution in [0.5, 0.6) is 0 Å². The van der Waals surface area contributed by atoms with E-state index in [0.29, 0.717) is 6.04 Å². The lowest BCUT2D eigenvalue weighted by Gasteiger charge is -2.43. The van der Waals surface area contributed by atoms with Gasteiger partial charge in [-0.3, -0.25) is 4.79 Å². The number of likely N-dealkylation sites (tertiary alicyclic amines) is 1. The van der Waals surface area contributed by atoms with Crippen molar-refractivity contribution in [2.45, 2.75) is 83.3 Å². The van der Waals surface area contributed by atoms with Crippen LogP contribution >= 0.6 is 0 Å². The highest BCUT2D eigenvalue weighted by atomic mass is 16.6. The number of piperidine rings is 1. The van der Waals surface area contributed by atoms with Gasteiger partial charge in [-0.15, -0.1) is 0 Å². The van der Waals surface area contributed by atoms with Crippen molar-refractivity contribution in [2.75, 3.05) is 13.6 Å². The van der Waals surface area contributed by atoms with Crippen LogP contribution in [0.15, 0.2) is 0 Å². The highest BCUT2D eigenvalue weighted by molar-refractivity contribution is 5.72. The molecule has 1 heterocycles. The van der Waals surface area contributed by atoms with E-state index in [2.05, 4.69) is 11.9 Å². The maximum absolute atomic E-state index is 12.1. The molecule has 0 N–H and O–H groups in total. The molecule has 0 unspecified atom stereocenters. The number of carbonyl (C=O) groups excluding carboxylic acids is 1. The Bertz CT molecular complexity index is 321. The molecule has 0 aromatic carbocycles. The van der Waals surface area contributed by atoms with Crippen LogP contribution in [0.3, 0.4) is 0 Å². The molecule has 1 saturated carbocycles. The van der Waals surface area contributed by atoms with E-state index in [1.54, 1.807) is 0 Å². The summed E-state index contributed by atoms with van der Waals surface area (Å²) in [6.07, 6.45) is 10.8. The Balaban J connectivity index is 2.03. The molecule has 0 aromatic rings. The highest BCUT2D eigenvalue weighted by Gasteiger charge is 2.39. The molecule has 1 aliphatic heterocycles. The molecule has 20 heavy (non-hydrogen) atoms. The van der Waals surface area contributed by atoms with Crippen LogP contribution in [-0.2, 0) is 9.53 Å². The first-order valence-electron chi connectivity index (χ1n) is 8.45. The molecule has 0 spiro atoms. The van der Waals surface area contributed by atoms with Gasteiger partial charge in [0.25, 0.3) is 0 Å². The number of rotatable bonds is 4. The smallest absolute Gasteiger partial charge is 0.308 e. The van der Waals surface area contributed by atoms with Gasteiger partial charge in [0.2, 0.25) is 0 Å². The van der Waals surface area contributed by atoms with Crippen molar-refractivity contribution >= 4 is 5.97 Å². The van der Waals surface area contributed by atoms with Crippen LogP contribution in [0.1, 0.15) is 71.6 Å². The largest absolute Gasteiger partial charge is 0.459 e. The SMILES string of the molecule is CC(C)C(=O)OC1(C[C@H]2CCCCN2C)CCCCC1. The van der Waals surface area contributed by atoms with E-state index in [-0.39, 0.29) is 17.5 Å². The molecule has 0 aromatic heterocycles. The summed E-state index contributed by atoms with van der Waals surface area (Å²) >= 11 is 0. The van der Waals surface area contributed by atoms with Gasteiger partial charge in [-0.1, -0.05) is 26.7 Å². The average Bonchev–Trinajstić information content (AvgIpc) is 2.42. The van der Waals surface area contributed by atoms with Crippen LogP contribution in [0.2, 0.25) is 0 Å². The Labute approximate surface area is 124 Å². The van der Waals surface area contributed by atoms with Gasteiger partial charge in [0.15, 0.2) is 0 Å². The first-order chi connectivity index (χ1) is 9.52. The van der Waals surface area contributed by atoms with E-state index < -0.39 is 0 Å². The zero-order valence-electron chi connectivity index (χ0n) is 13.5. The fourth-order valence-electron chi connectivity index (χ4n) is 3.71. The number of hydrogen-bond acceptors (Lipinski definition) is 3. The first kappa shape index (κ1) is 15.8. The van der Waals surface area contributed by atoms with E-state index in [4.69, 9.17) is 4.74 Å². The number of esters is 1. The Hall–Kier alpha value is -0.570. The third-order valence-corrected chi connectivity index (χ3v) is 5.08. The fourth-order valence-corrected chi connectivity index (χ4v) is 3.71. The Morgan fingerprint density at radius 3 is 2.50 bits per heavy atom. The summed E-state index contributed by atoms with van der Waals surface area (Å²) in [5.74, 6) is -0.0248. The van der Waals surface area contributed by atoms with Gasteiger partial charge in [0, 0.05) is 12.5 Å². The predicted octanol–water partition coefficient (Wildman–Crippen LogP) is 3.76. The molecule has 0 amide bonds. The van der Waals surface area contributed by atoms with Crippen molar-refractivity contribution in [2.24, 2.45) is 5.92 Å². The Morgan fingerprint density at radius 1 is 1.20 bits per heavy atom. The normalized spacial score (nSPS) is 27.5. The second-order valence-electron chi connectivity index (χ2n) is 7.15. The van der Waals surface area contributed by atoms with Gasteiger partial charge in [0.1, 0.15) is 5.60 Å². The summed E-state index contributed by atoms with van der Waals surface area (Å²) in [5.41, 5.74) is -0.171. The first-order valence-corrected chi connectivity index (χ1v) is 8.45. The van der Waals surface area contributed by atoms with Gasteiger partial charge in [-0.2, -0.15) is 0 Å². The lowest BCUT2D eigenvalue weighted by atomic mass is 9.78. The van der Waals surface area contributed by atoms with Crippen molar-refractivity contribution in [1.82, 2.24) is 4.90 Å². The molecular weight excluding hydrogens is 250 g/mol. The summed E-state index contributed by atoms with van der Waals surface area (Å²) in [7, 11) is 2.23. The summed E-state index contributed by atoms with van der Waals surface area (Å²) in [6, 6.07) is 0.599. The van der Waals surface area contributed by atoms with E-state index in [1.807, 2.05) is 13.8 Å².